The summed E-state index contributed by atoms with van der Waals surface area (Å²) in [6.45, 7) is 3.80. The van der Waals surface area contributed by atoms with Gasteiger partial charge in [0.25, 0.3) is 0 Å². The molecule has 2 nitrogen and oxygen atoms in total. The third-order valence-electron chi connectivity index (χ3n) is 0.685. The minimum absolute atomic E-state index is 0.579. The predicted molar refractivity (Wildman–Crippen MR) is 31.1 cm³/mol. The Balaban J connectivity index is 3.05. The van der Waals surface area contributed by atoms with Gasteiger partial charge in [-0.3, -0.25) is 4.79 Å². The number of rotatable bonds is 3. The van der Waals surface area contributed by atoms with Crippen molar-refractivity contribution in [3.63, 3.8) is 0 Å². The maximum Gasteiger partial charge on any atom is 0.307 e. The highest BCUT2D eigenvalue weighted by Crippen LogP contribution is 2.03. The van der Waals surface area contributed by atoms with Gasteiger partial charge in [-0.15, -0.1) is 0 Å². The number of aliphatic carboxylic acids is 1. The van der Waals surface area contributed by atoms with Gasteiger partial charge in [-0.1, -0.05) is 13.8 Å². The fourth-order valence-electron chi connectivity index (χ4n) is 0.291. The lowest BCUT2D eigenvalue weighted by molar-refractivity contribution is -0.133. The molecular formula is C6H10O2. The zero-order valence-corrected chi connectivity index (χ0v) is 5.14. The molecule has 0 rings (SSSR count). The first-order chi connectivity index (χ1) is 3.63. The Labute approximate surface area is 49.5 Å². The maximum atomic E-state index is 9.83. The molecule has 0 fully saturated rings. The van der Waals surface area contributed by atoms with Crippen molar-refractivity contribution < 1.29 is 9.90 Å². The van der Waals surface area contributed by atoms with Crippen LogP contribution in [0.4, 0.5) is 0 Å². The molecule has 0 bridgehead atoms. The summed E-state index contributed by atoms with van der Waals surface area (Å²) >= 11 is 0. The molecule has 2 radical (unpaired) electrons. The lowest BCUT2D eigenvalue weighted by Gasteiger charge is -1.96. The minimum Gasteiger partial charge on any atom is -0.481 e. The third-order valence-corrected chi connectivity index (χ3v) is 0.685. The van der Waals surface area contributed by atoms with Crippen LogP contribution < -0.4 is 0 Å². The zero-order chi connectivity index (χ0) is 6.57. The van der Waals surface area contributed by atoms with Gasteiger partial charge in [0.15, 0.2) is 0 Å². The van der Waals surface area contributed by atoms with E-state index in [4.69, 9.17) is 5.11 Å². The van der Waals surface area contributed by atoms with Crippen molar-refractivity contribution in [1.82, 2.24) is 0 Å². The van der Waals surface area contributed by atoms with Gasteiger partial charge in [-0.25, -0.2) is 0 Å². The summed E-state index contributed by atoms with van der Waals surface area (Å²) in [6.07, 6.45) is 1.82. The van der Waals surface area contributed by atoms with Gasteiger partial charge in [-0.2, -0.15) is 0 Å². The topological polar surface area (TPSA) is 37.3 Å². The standard InChI is InChI=1S/C6H10O2/c1-5(2)3-4-6(7)8/h4H,3H2,1-2H3,(H,7,8). The number of carboxylic acid groups (broad SMARTS) is 1. The predicted octanol–water partition coefficient (Wildman–Crippen LogP) is 1.28. The second-order valence-corrected chi connectivity index (χ2v) is 1.95. The maximum absolute atomic E-state index is 9.83. The highest BCUT2D eigenvalue weighted by molar-refractivity contribution is 5.76. The number of carbonyl (C=O) groups is 1. The van der Waals surface area contributed by atoms with E-state index in [2.05, 4.69) is 0 Å². The Morgan fingerprint density at radius 1 is 1.62 bits per heavy atom. The molecule has 0 spiro atoms. The average molecular weight is 114 g/mol. The monoisotopic (exact) mass is 114 g/mol. The molecule has 0 heterocycles. The molecule has 0 aliphatic carbocycles. The molecular weight excluding hydrogens is 104 g/mol. The highest BCUT2D eigenvalue weighted by Gasteiger charge is 1.99. The van der Waals surface area contributed by atoms with Gasteiger partial charge < -0.3 is 5.11 Å². The Kier molecular flexibility index (Phi) is 3.24. The van der Waals surface area contributed by atoms with Crippen LogP contribution in [0.15, 0.2) is 0 Å². The van der Waals surface area contributed by atoms with E-state index in [1.807, 2.05) is 13.8 Å². The smallest absolute Gasteiger partial charge is 0.307 e. The van der Waals surface area contributed by atoms with Crippen molar-refractivity contribution in [2.75, 3.05) is 0 Å². The molecule has 1 N–H and O–H groups in total. The first kappa shape index (κ1) is 7.47. The van der Waals surface area contributed by atoms with Crippen LogP contribution in [0.2, 0.25) is 0 Å². The molecule has 0 unspecified atom stereocenters. The largest absolute Gasteiger partial charge is 0.481 e. The van der Waals surface area contributed by atoms with E-state index in [9.17, 15) is 4.79 Å². The molecule has 0 aromatic carbocycles. The van der Waals surface area contributed by atoms with Crippen LogP contribution in [0.1, 0.15) is 20.3 Å². The summed E-state index contributed by atoms with van der Waals surface area (Å²) < 4.78 is 0. The second-order valence-electron chi connectivity index (χ2n) is 1.95. The average Bonchev–Trinajstić information content (AvgIpc) is 1.61. The van der Waals surface area contributed by atoms with Gasteiger partial charge in [-0.05, 0) is 12.3 Å². The van der Waals surface area contributed by atoms with Crippen molar-refractivity contribution in [2.24, 2.45) is 0 Å². The van der Waals surface area contributed by atoms with Crippen molar-refractivity contribution in [1.29, 1.82) is 0 Å². The van der Waals surface area contributed by atoms with E-state index in [0.29, 0.717) is 6.42 Å². The van der Waals surface area contributed by atoms with Crippen LogP contribution >= 0.6 is 0 Å². The molecule has 2 heteroatoms. The molecule has 0 aliphatic heterocycles. The summed E-state index contributed by atoms with van der Waals surface area (Å²) in [5.41, 5.74) is 0. The van der Waals surface area contributed by atoms with Gasteiger partial charge >= 0.3 is 5.97 Å². The SMILES string of the molecule is C[C](C)C[CH]C(=O)O. The first-order valence-corrected chi connectivity index (χ1v) is 2.48. The Morgan fingerprint density at radius 2 is 2.12 bits per heavy atom. The summed E-state index contributed by atoms with van der Waals surface area (Å²) in [7, 11) is 0. The Bertz CT molecular complexity index is 76.6. The van der Waals surface area contributed by atoms with Crippen LogP contribution in [0.5, 0.6) is 0 Å². The molecule has 46 valence electrons. The van der Waals surface area contributed by atoms with E-state index in [0.717, 1.165) is 5.92 Å². The van der Waals surface area contributed by atoms with E-state index < -0.39 is 5.97 Å². The molecule has 0 saturated heterocycles. The highest BCUT2D eigenvalue weighted by atomic mass is 16.4. The fourth-order valence-corrected chi connectivity index (χ4v) is 0.291. The van der Waals surface area contributed by atoms with Crippen molar-refractivity contribution >= 4 is 5.97 Å². The van der Waals surface area contributed by atoms with E-state index in [-0.39, 0.29) is 0 Å². The van der Waals surface area contributed by atoms with Crippen LogP contribution in [0, 0.1) is 12.3 Å². The summed E-state index contributed by atoms with van der Waals surface area (Å²) in [4.78, 5) is 9.83. The lowest BCUT2D eigenvalue weighted by atomic mass is 10.1. The molecule has 0 amide bonds. The Hall–Kier alpha value is -0.530. The van der Waals surface area contributed by atoms with E-state index >= 15 is 0 Å². The molecule has 8 heavy (non-hydrogen) atoms. The van der Waals surface area contributed by atoms with E-state index in [1.165, 1.54) is 6.42 Å². The van der Waals surface area contributed by atoms with Gasteiger partial charge in [0.2, 0.25) is 0 Å². The molecule has 0 aromatic heterocycles. The number of hydrogen-bond acceptors (Lipinski definition) is 1. The fraction of sp³-hybridized carbons (Fsp3) is 0.500. The quantitative estimate of drug-likeness (QED) is 0.600. The number of carboxylic acids is 1. The normalized spacial score (nSPS) is 9.88. The van der Waals surface area contributed by atoms with Gasteiger partial charge in [0, 0.05) is 0 Å². The van der Waals surface area contributed by atoms with Crippen molar-refractivity contribution in [3.8, 4) is 0 Å². The van der Waals surface area contributed by atoms with Crippen LogP contribution in [0.25, 0.3) is 0 Å². The molecule has 0 aliphatic rings. The van der Waals surface area contributed by atoms with Crippen molar-refractivity contribution in [2.45, 2.75) is 20.3 Å². The Morgan fingerprint density at radius 3 is 2.25 bits per heavy atom. The molecule has 0 saturated carbocycles. The minimum atomic E-state index is -0.841. The molecule has 0 aromatic rings. The summed E-state index contributed by atoms with van der Waals surface area (Å²) in [6, 6.07) is 0. The van der Waals surface area contributed by atoms with Gasteiger partial charge in [0.05, 0.1) is 6.42 Å². The zero-order valence-electron chi connectivity index (χ0n) is 5.14. The first-order valence-electron chi connectivity index (χ1n) is 2.48. The summed E-state index contributed by atoms with van der Waals surface area (Å²) in [5, 5.41) is 8.09. The van der Waals surface area contributed by atoms with Crippen LogP contribution in [0.3, 0.4) is 0 Å². The van der Waals surface area contributed by atoms with Crippen LogP contribution in [-0.4, -0.2) is 11.1 Å². The second kappa shape index (κ2) is 3.47. The van der Waals surface area contributed by atoms with E-state index in [1.54, 1.807) is 0 Å². The lowest BCUT2D eigenvalue weighted by Crippen LogP contribution is -1.97. The van der Waals surface area contributed by atoms with Crippen LogP contribution in [-0.2, 0) is 4.79 Å². The summed E-state index contributed by atoms with van der Waals surface area (Å²) in [5.74, 6) is 0.276. The van der Waals surface area contributed by atoms with Crippen molar-refractivity contribution in [3.05, 3.63) is 12.3 Å². The molecule has 0 atom stereocenters. The van der Waals surface area contributed by atoms with Gasteiger partial charge in [0.1, 0.15) is 0 Å². The number of hydrogen-bond donors (Lipinski definition) is 1. The third kappa shape index (κ3) is 5.47.